The van der Waals surface area contributed by atoms with Gasteiger partial charge in [0, 0.05) is 12.6 Å². The van der Waals surface area contributed by atoms with Crippen molar-refractivity contribution in [2.45, 2.75) is 33.7 Å². The topological polar surface area (TPSA) is 24.9 Å². The first-order chi connectivity index (χ1) is 6.88. The zero-order valence-electron chi connectivity index (χ0n) is 9.84. The van der Waals surface area contributed by atoms with Crippen molar-refractivity contribution in [3.8, 4) is 0 Å². The van der Waals surface area contributed by atoms with Crippen LogP contribution < -0.4 is 5.32 Å². The van der Waals surface area contributed by atoms with E-state index in [0.29, 0.717) is 0 Å². The molecule has 2 nitrogen and oxygen atoms in total. The summed E-state index contributed by atoms with van der Waals surface area (Å²) in [5, 5.41) is 3.37. The van der Waals surface area contributed by atoms with Gasteiger partial charge in [0.25, 0.3) is 0 Å². The Bertz CT molecular complexity index is 300. The van der Waals surface area contributed by atoms with Crippen molar-refractivity contribution >= 4 is 0 Å². The minimum Gasteiger partial charge on any atom is -0.308 e. The average Bonchev–Trinajstić information content (AvgIpc) is 2.14. The van der Waals surface area contributed by atoms with Gasteiger partial charge in [-0.3, -0.25) is 4.98 Å². The Morgan fingerprint density at radius 2 is 2.07 bits per heavy atom. The molecule has 1 heterocycles. The van der Waals surface area contributed by atoms with Crippen molar-refractivity contribution in [1.82, 2.24) is 10.3 Å². The van der Waals surface area contributed by atoms with Crippen LogP contribution in [-0.4, -0.2) is 11.5 Å². The first-order valence-corrected chi connectivity index (χ1v) is 5.23. The molecule has 0 aromatic carbocycles. The van der Waals surface area contributed by atoms with Crippen LogP contribution >= 0.6 is 0 Å². The standard InChI is InChI=1S/C12H19FN2/c1-9(15-8-12(2,3)4)11-6-5-10(13)7-14-11/h5-7,9,15H,8H2,1-4H3. The first-order valence-electron chi connectivity index (χ1n) is 5.23. The summed E-state index contributed by atoms with van der Waals surface area (Å²) >= 11 is 0. The van der Waals surface area contributed by atoms with Crippen LogP contribution in [0.5, 0.6) is 0 Å². The summed E-state index contributed by atoms with van der Waals surface area (Å²) in [5.74, 6) is -0.290. The lowest BCUT2D eigenvalue weighted by Crippen LogP contribution is -2.29. The van der Waals surface area contributed by atoms with Crippen LogP contribution in [0, 0.1) is 11.2 Å². The fourth-order valence-corrected chi connectivity index (χ4v) is 1.21. The molecule has 0 bridgehead atoms. The predicted octanol–water partition coefficient (Wildman–Crippen LogP) is 2.92. The molecule has 1 rings (SSSR count). The SMILES string of the molecule is CC(NCC(C)(C)C)c1ccc(F)cn1. The van der Waals surface area contributed by atoms with Crippen molar-refractivity contribution in [3.05, 3.63) is 29.8 Å². The lowest BCUT2D eigenvalue weighted by molar-refractivity contribution is 0.357. The molecule has 15 heavy (non-hydrogen) atoms. The molecule has 0 spiro atoms. The second-order valence-corrected chi connectivity index (χ2v) is 5.06. The molecule has 1 atom stereocenters. The highest BCUT2D eigenvalue weighted by Crippen LogP contribution is 2.15. The molecule has 84 valence electrons. The van der Waals surface area contributed by atoms with Crippen LogP contribution in [0.25, 0.3) is 0 Å². The molecule has 0 saturated carbocycles. The molecule has 1 aromatic rings. The summed E-state index contributed by atoms with van der Waals surface area (Å²) in [6.45, 7) is 9.46. The number of rotatable bonds is 3. The van der Waals surface area contributed by atoms with E-state index in [9.17, 15) is 4.39 Å². The van der Waals surface area contributed by atoms with Gasteiger partial charge >= 0.3 is 0 Å². The van der Waals surface area contributed by atoms with Gasteiger partial charge in [-0.25, -0.2) is 4.39 Å². The summed E-state index contributed by atoms with van der Waals surface area (Å²) in [6, 6.07) is 3.32. The van der Waals surface area contributed by atoms with E-state index in [-0.39, 0.29) is 17.3 Å². The maximum Gasteiger partial charge on any atom is 0.141 e. The molecule has 0 fully saturated rings. The van der Waals surface area contributed by atoms with Crippen LogP contribution in [0.4, 0.5) is 4.39 Å². The van der Waals surface area contributed by atoms with Crippen LogP contribution in [0.2, 0.25) is 0 Å². The third-order valence-electron chi connectivity index (χ3n) is 2.13. The average molecular weight is 210 g/mol. The molecule has 3 heteroatoms. The Hall–Kier alpha value is -0.960. The molecule has 0 amide bonds. The molecule has 0 aliphatic heterocycles. The van der Waals surface area contributed by atoms with Gasteiger partial charge in [0.1, 0.15) is 5.82 Å². The van der Waals surface area contributed by atoms with Gasteiger partial charge in [0.05, 0.1) is 11.9 Å². The van der Waals surface area contributed by atoms with Crippen LogP contribution in [0.15, 0.2) is 18.3 Å². The maximum atomic E-state index is 12.6. The Morgan fingerprint density at radius 1 is 1.40 bits per heavy atom. The second kappa shape index (κ2) is 4.71. The van der Waals surface area contributed by atoms with E-state index in [1.165, 1.54) is 12.3 Å². The zero-order chi connectivity index (χ0) is 11.5. The highest BCUT2D eigenvalue weighted by Gasteiger charge is 2.13. The predicted molar refractivity (Wildman–Crippen MR) is 60.1 cm³/mol. The second-order valence-electron chi connectivity index (χ2n) is 5.06. The highest BCUT2D eigenvalue weighted by atomic mass is 19.1. The van der Waals surface area contributed by atoms with E-state index in [4.69, 9.17) is 0 Å². The molecule has 1 unspecified atom stereocenters. The smallest absolute Gasteiger partial charge is 0.141 e. The van der Waals surface area contributed by atoms with E-state index in [1.54, 1.807) is 6.07 Å². The Morgan fingerprint density at radius 3 is 2.53 bits per heavy atom. The summed E-state index contributed by atoms with van der Waals surface area (Å²) in [5.41, 5.74) is 1.12. The summed E-state index contributed by atoms with van der Waals surface area (Å²) in [6.07, 6.45) is 1.25. The van der Waals surface area contributed by atoms with Gasteiger partial charge in [-0.05, 0) is 24.5 Å². The molecule has 0 aliphatic carbocycles. The Labute approximate surface area is 90.9 Å². The monoisotopic (exact) mass is 210 g/mol. The first kappa shape index (κ1) is 12.1. The van der Waals surface area contributed by atoms with Gasteiger partial charge in [0.15, 0.2) is 0 Å². The van der Waals surface area contributed by atoms with E-state index in [0.717, 1.165) is 12.2 Å². The minimum atomic E-state index is -0.290. The number of aromatic nitrogens is 1. The fourth-order valence-electron chi connectivity index (χ4n) is 1.21. The van der Waals surface area contributed by atoms with Crippen molar-refractivity contribution in [3.63, 3.8) is 0 Å². The normalized spacial score (nSPS) is 13.9. The van der Waals surface area contributed by atoms with Gasteiger partial charge in [-0.1, -0.05) is 20.8 Å². The Kier molecular flexibility index (Phi) is 3.80. The van der Waals surface area contributed by atoms with Crippen molar-refractivity contribution in [2.24, 2.45) is 5.41 Å². The molecular weight excluding hydrogens is 191 g/mol. The summed E-state index contributed by atoms with van der Waals surface area (Å²) in [7, 11) is 0. The number of nitrogens with zero attached hydrogens (tertiary/aromatic N) is 1. The lowest BCUT2D eigenvalue weighted by atomic mass is 9.96. The highest BCUT2D eigenvalue weighted by molar-refractivity contribution is 5.08. The lowest BCUT2D eigenvalue weighted by Gasteiger charge is -2.22. The minimum absolute atomic E-state index is 0.157. The van der Waals surface area contributed by atoms with E-state index in [1.807, 2.05) is 6.92 Å². The number of halogens is 1. The summed E-state index contributed by atoms with van der Waals surface area (Å²) < 4.78 is 12.6. The maximum absolute atomic E-state index is 12.6. The third-order valence-corrected chi connectivity index (χ3v) is 2.13. The van der Waals surface area contributed by atoms with Gasteiger partial charge in [0.2, 0.25) is 0 Å². The van der Waals surface area contributed by atoms with E-state index >= 15 is 0 Å². The van der Waals surface area contributed by atoms with Gasteiger partial charge < -0.3 is 5.32 Å². The van der Waals surface area contributed by atoms with Gasteiger partial charge in [-0.15, -0.1) is 0 Å². The molecule has 1 aromatic heterocycles. The third kappa shape index (κ3) is 4.38. The zero-order valence-corrected chi connectivity index (χ0v) is 9.84. The largest absolute Gasteiger partial charge is 0.308 e. The number of hydrogen-bond donors (Lipinski definition) is 1. The van der Waals surface area contributed by atoms with E-state index in [2.05, 4.69) is 31.1 Å². The van der Waals surface area contributed by atoms with E-state index < -0.39 is 0 Å². The Balaban J connectivity index is 2.54. The number of nitrogens with one attached hydrogen (secondary N) is 1. The van der Waals surface area contributed by atoms with Crippen LogP contribution in [-0.2, 0) is 0 Å². The number of pyridine rings is 1. The van der Waals surface area contributed by atoms with Crippen LogP contribution in [0.3, 0.4) is 0 Å². The van der Waals surface area contributed by atoms with Crippen molar-refractivity contribution in [2.75, 3.05) is 6.54 Å². The van der Waals surface area contributed by atoms with Crippen LogP contribution in [0.1, 0.15) is 39.4 Å². The molecule has 0 saturated heterocycles. The summed E-state index contributed by atoms with van der Waals surface area (Å²) in [4.78, 5) is 4.04. The molecule has 0 aliphatic rings. The molecule has 1 N–H and O–H groups in total. The van der Waals surface area contributed by atoms with Crippen molar-refractivity contribution in [1.29, 1.82) is 0 Å². The quantitative estimate of drug-likeness (QED) is 0.829. The molecule has 0 radical (unpaired) electrons. The van der Waals surface area contributed by atoms with Gasteiger partial charge in [-0.2, -0.15) is 0 Å². The fraction of sp³-hybridized carbons (Fsp3) is 0.583. The number of hydrogen-bond acceptors (Lipinski definition) is 2. The molecular formula is C12H19FN2. The van der Waals surface area contributed by atoms with Crippen molar-refractivity contribution < 1.29 is 4.39 Å².